The SMILES string of the molecule is CCN(CC)C(=O)CSc1nnc(SCCOc2ccc(OC)cc2)n1N. The van der Waals surface area contributed by atoms with Gasteiger partial charge in [0.2, 0.25) is 16.2 Å². The predicted molar refractivity (Wildman–Crippen MR) is 108 cm³/mol. The van der Waals surface area contributed by atoms with E-state index >= 15 is 0 Å². The van der Waals surface area contributed by atoms with E-state index in [2.05, 4.69) is 10.2 Å². The summed E-state index contributed by atoms with van der Waals surface area (Å²) in [5, 5.41) is 9.25. The number of nitrogens with two attached hydrogens (primary N) is 1. The first-order chi connectivity index (χ1) is 13.1. The summed E-state index contributed by atoms with van der Waals surface area (Å²) in [6.45, 7) is 5.81. The Morgan fingerprint density at radius 3 is 2.30 bits per heavy atom. The van der Waals surface area contributed by atoms with Crippen LogP contribution in [0.2, 0.25) is 0 Å². The molecule has 0 radical (unpaired) electrons. The van der Waals surface area contributed by atoms with Gasteiger partial charge < -0.3 is 20.2 Å². The molecule has 0 saturated carbocycles. The number of aromatic nitrogens is 3. The minimum absolute atomic E-state index is 0.0649. The third-order valence-electron chi connectivity index (χ3n) is 3.72. The van der Waals surface area contributed by atoms with Crippen molar-refractivity contribution in [3.63, 3.8) is 0 Å². The van der Waals surface area contributed by atoms with Gasteiger partial charge in [-0.15, -0.1) is 10.2 Å². The van der Waals surface area contributed by atoms with Crippen LogP contribution in [-0.2, 0) is 4.79 Å². The van der Waals surface area contributed by atoms with Crippen LogP contribution in [0.3, 0.4) is 0 Å². The topological polar surface area (TPSA) is 95.5 Å². The van der Waals surface area contributed by atoms with Crippen molar-refractivity contribution in [3.8, 4) is 11.5 Å². The smallest absolute Gasteiger partial charge is 0.233 e. The highest BCUT2D eigenvalue weighted by Gasteiger charge is 2.15. The number of nitrogen functional groups attached to an aromatic ring is 1. The summed E-state index contributed by atoms with van der Waals surface area (Å²) in [6.07, 6.45) is 0. The fourth-order valence-electron chi connectivity index (χ4n) is 2.22. The molecule has 1 aromatic heterocycles. The molecule has 8 nitrogen and oxygen atoms in total. The summed E-state index contributed by atoms with van der Waals surface area (Å²) in [7, 11) is 1.63. The second-order valence-electron chi connectivity index (χ2n) is 5.36. The maximum absolute atomic E-state index is 12.1. The quantitative estimate of drug-likeness (QED) is 0.341. The summed E-state index contributed by atoms with van der Waals surface area (Å²) >= 11 is 2.74. The zero-order chi connectivity index (χ0) is 19.6. The van der Waals surface area contributed by atoms with E-state index in [1.54, 1.807) is 12.0 Å². The minimum atomic E-state index is 0.0649. The summed E-state index contributed by atoms with van der Waals surface area (Å²) in [5.74, 6) is 8.62. The number of carbonyl (C=O) groups excluding carboxylic acids is 1. The van der Waals surface area contributed by atoms with Gasteiger partial charge in [-0.1, -0.05) is 23.5 Å². The van der Waals surface area contributed by atoms with Gasteiger partial charge in [0.15, 0.2) is 0 Å². The first-order valence-corrected chi connectivity index (χ1v) is 10.6. The Kier molecular flexibility index (Phi) is 8.59. The van der Waals surface area contributed by atoms with Crippen LogP contribution in [0.25, 0.3) is 0 Å². The van der Waals surface area contributed by atoms with E-state index in [4.69, 9.17) is 15.3 Å². The predicted octanol–water partition coefficient (Wildman–Crippen LogP) is 2.13. The molecule has 0 aliphatic heterocycles. The molecule has 0 bridgehead atoms. The highest BCUT2D eigenvalue weighted by Crippen LogP contribution is 2.22. The number of hydrogen-bond acceptors (Lipinski definition) is 8. The Balaban J connectivity index is 1.76. The molecule has 2 aromatic rings. The normalized spacial score (nSPS) is 10.6. The number of thioether (sulfide) groups is 2. The molecular formula is C17H25N5O3S2. The average molecular weight is 412 g/mol. The van der Waals surface area contributed by atoms with Crippen molar-refractivity contribution in [1.29, 1.82) is 0 Å². The van der Waals surface area contributed by atoms with Crippen molar-refractivity contribution < 1.29 is 14.3 Å². The Morgan fingerprint density at radius 1 is 1.11 bits per heavy atom. The van der Waals surface area contributed by atoms with E-state index in [1.165, 1.54) is 28.2 Å². The first-order valence-electron chi connectivity index (χ1n) is 8.59. The molecule has 0 atom stereocenters. The highest BCUT2D eigenvalue weighted by molar-refractivity contribution is 8.00. The van der Waals surface area contributed by atoms with Gasteiger partial charge in [-0.25, -0.2) is 4.68 Å². The standard InChI is InChI=1S/C17H25N5O3S2/c1-4-21(5-2)15(23)12-27-17-20-19-16(22(17)18)26-11-10-25-14-8-6-13(24-3)7-9-14/h6-9H,4-5,10-12,18H2,1-3H3. The van der Waals surface area contributed by atoms with Crippen molar-refractivity contribution in [2.24, 2.45) is 0 Å². The molecule has 0 aliphatic rings. The van der Waals surface area contributed by atoms with Crippen molar-refractivity contribution in [1.82, 2.24) is 19.8 Å². The van der Waals surface area contributed by atoms with Crippen LogP contribution in [0, 0.1) is 0 Å². The molecule has 27 heavy (non-hydrogen) atoms. The van der Waals surface area contributed by atoms with Crippen LogP contribution in [0.1, 0.15) is 13.8 Å². The van der Waals surface area contributed by atoms with Crippen LogP contribution in [0.5, 0.6) is 11.5 Å². The van der Waals surface area contributed by atoms with Crippen LogP contribution in [-0.4, -0.2) is 64.0 Å². The lowest BCUT2D eigenvalue weighted by Gasteiger charge is -2.17. The lowest BCUT2D eigenvalue weighted by molar-refractivity contribution is -0.127. The van der Waals surface area contributed by atoms with Gasteiger partial charge in [0.05, 0.1) is 19.5 Å². The minimum Gasteiger partial charge on any atom is -0.497 e. The first kappa shape index (κ1) is 21.2. The van der Waals surface area contributed by atoms with E-state index < -0.39 is 0 Å². The molecule has 0 saturated heterocycles. The summed E-state index contributed by atoms with van der Waals surface area (Å²) in [6, 6.07) is 7.41. The maximum atomic E-state index is 12.1. The number of carbonyl (C=O) groups is 1. The van der Waals surface area contributed by atoms with Gasteiger partial charge in [-0.2, -0.15) is 0 Å². The molecule has 2 N–H and O–H groups in total. The van der Waals surface area contributed by atoms with Gasteiger partial charge in [0.1, 0.15) is 11.5 Å². The molecule has 1 amide bonds. The number of rotatable bonds is 11. The van der Waals surface area contributed by atoms with Crippen molar-refractivity contribution in [2.75, 3.05) is 44.2 Å². The van der Waals surface area contributed by atoms with E-state index in [-0.39, 0.29) is 5.91 Å². The number of benzene rings is 1. The molecular weight excluding hydrogens is 386 g/mol. The fraction of sp³-hybridized carbons (Fsp3) is 0.471. The largest absolute Gasteiger partial charge is 0.497 e. The van der Waals surface area contributed by atoms with Gasteiger partial charge in [0, 0.05) is 18.8 Å². The maximum Gasteiger partial charge on any atom is 0.233 e. The molecule has 10 heteroatoms. The molecule has 2 rings (SSSR count). The van der Waals surface area contributed by atoms with Crippen molar-refractivity contribution in [2.45, 2.75) is 24.2 Å². The summed E-state index contributed by atoms with van der Waals surface area (Å²) in [5.41, 5.74) is 0. The van der Waals surface area contributed by atoms with Crippen molar-refractivity contribution >= 4 is 29.4 Å². The average Bonchev–Trinajstić information content (AvgIpc) is 3.04. The molecule has 0 fully saturated rings. The van der Waals surface area contributed by atoms with E-state index in [0.717, 1.165) is 11.5 Å². The monoisotopic (exact) mass is 411 g/mol. The Bertz CT molecular complexity index is 720. The number of nitrogens with zero attached hydrogens (tertiary/aromatic N) is 4. The highest BCUT2D eigenvalue weighted by atomic mass is 32.2. The molecule has 0 unspecified atom stereocenters. The van der Waals surface area contributed by atoms with Gasteiger partial charge in [-0.3, -0.25) is 4.79 Å². The van der Waals surface area contributed by atoms with Crippen molar-refractivity contribution in [3.05, 3.63) is 24.3 Å². The molecule has 1 aromatic carbocycles. The van der Waals surface area contributed by atoms with Gasteiger partial charge in [0.25, 0.3) is 0 Å². The third-order valence-corrected chi connectivity index (χ3v) is 5.55. The Labute approximate surface area is 167 Å². The zero-order valence-corrected chi connectivity index (χ0v) is 17.4. The van der Waals surface area contributed by atoms with Gasteiger partial charge >= 0.3 is 0 Å². The van der Waals surface area contributed by atoms with E-state index in [1.807, 2.05) is 38.1 Å². The zero-order valence-electron chi connectivity index (χ0n) is 15.8. The lowest BCUT2D eigenvalue weighted by Crippen LogP contribution is -2.32. The van der Waals surface area contributed by atoms with Crippen LogP contribution in [0.15, 0.2) is 34.6 Å². The Hall–Kier alpha value is -2.07. The summed E-state index contributed by atoms with van der Waals surface area (Å²) < 4.78 is 12.2. The molecule has 0 aliphatic carbocycles. The number of amides is 1. The van der Waals surface area contributed by atoms with Crippen LogP contribution >= 0.6 is 23.5 Å². The second kappa shape index (κ2) is 10.9. The number of methoxy groups -OCH3 is 1. The van der Waals surface area contributed by atoms with Gasteiger partial charge in [-0.05, 0) is 38.1 Å². The second-order valence-corrected chi connectivity index (χ2v) is 7.37. The van der Waals surface area contributed by atoms with Crippen LogP contribution < -0.4 is 15.3 Å². The molecule has 148 valence electrons. The van der Waals surface area contributed by atoms with E-state index in [0.29, 0.717) is 41.5 Å². The Morgan fingerprint density at radius 2 is 1.70 bits per heavy atom. The number of ether oxygens (including phenoxy) is 2. The third kappa shape index (κ3) is 6.24. The lowest BCUT2D eigenvalue weighted by atomic mass is 10.3. The van der Waals surface area contributed by atoms with E-state index in [9.17, 15) is 4.79 Å². The summed E-state index contributed by atoms with van der Waals surface area (Å²) in [4.78, 5) is 13.8. The number of hydrogen-bond donors (Lipinski definition) is 1. The molecule has 1 heterocycles. The van der Waals surface area contributed by atoms with Crippen LogP contribution in [0.4, 0.5) is 0 Å². The fourth-order valence-corrected chi connectivity index (χ4v) is 3.71. The molecule has 0 spiro atoms.